The second-order valence-electron chi connectivity index (χ2n) is 6.90. The Morgan fingerprint density at radius 2 is 1.90 bits per heavy atom. The van der Waals surface area contributed by atoms with Crippen molar-refractivity contribution in [2.24, 2.45) is 10.1 Å². The first-order chi connectivity index (χ1) is 14.2. The van der Waals surface area contributed by atoms with E-state index >= 15 is 0 Å². The Labute approximate surface area is 179 Å². The molecule has 2 aliphatic heterocycles. The number of amidine groups is 1. The van der Waals surface area contributed by atoms with E-state index in [4.69, 9.17) is 10.1 Å². The average molecular weight is 425 g/mol. The van der Waals surface area contributed by atoms with Gasteiger partial charge in [0.05, 0.1) is 5.36 Å². The summed E-state index contributed by atoms with van der Waals surface area (Å²) in [6.45, 7) is 2.19. The molecule has 2 aromatic rings. The van der Waals surface area contributed by atoms with Gasteiger partial charge in [0.25, 0.3) is 5.91 Å². The summed E-state index contributed by atoms with van der Waals surface area (Å²) in [5.41, 5.74) is 1.58. The minimum Gasteiger partial charge on any atom is -0.298 e. The number of para-hydroxylation sites is 1. The fourth-order valence-electron chi connectivity index (χ4n) is 3.41. The number of rotatable bonds is 6. The smallest absolute Gasteiger partial charge is 0.276 e. The predicted octanol–water partition coefficient (Wildman–Crippen LogP) is 3.47. The maximum Gasteiger partial charge on any atom is 0.276 e. The highest BCUT2D eigenvalue weighted by Crippen LogP contribution is 2.31. The molecule has 150 valence electrons. The molecule has 4 rings (SSSR count). The van der Waals surface area contributed by atoms with Crippen molar-refractivity contribution in [3.63, 3.8) is 0 Å². The fraction of sp³-hybridized carbons (Fsp3) is 0.318. The lowest BCUT2D eigenvalue weighted by Crippen LogP contribution is -2.50. The van der Waals surface area contributed by atoms with Crippen molar-refractivity contribution in [3.8, 4) is 0 Å². The first kappa shape index (κ1) is 20.0. The Morgan fingerprint density at radius 3 is 2.66 bits per heavy atom. The molecular weight excluding hydrogens is 400 g/mol. The molecule has 29 heavy (non-hydrogen) atoms. The number of benzene rings is 2. The van der Waals surface area contributed by atoms with E-state index in [2.05, 4.69) is 42.8 Å². The number of thioether (sulfide) groups is 2. The van der Waals surface area contributed by atoms with Gasteiger partial charge < -0.3 is 0 Å². The van der Waals surface area contributed by atoms with Gasteiger partial charge in [-0.25, -0.2) is 5.01 Å². The van der Waals surface area contributed by atoms with Crippen molar-refractivity contribution in [3.05, 3.63) is 64.7 Å². The van der Waals surface area contributed by atoms with Crippen LogP contribution in [0.5, 0.6) is 0 Å². The summed E-state index contributed by atoms with van der Waals surface area (Å²) in [4.78, 5) is 19.2. The minimum atomic E-state index is -0.354. The second-order valence-corrected chi connectivity index (χ2v) is 8.86. The maximum atomic E-state index is 13.0. The second kappa shape index (κ2) is 9.05. The summed E-state index contributed by atoms with van der Waals surface area (Å²) in [6.07, 6.45) is 5.17. The molecule has 0 radical (unpaired) electrons. The summed E-state index contributed by atoms with van der Waals surface area (Å²) in [7, 11) is 0. The molecule has 0 spiro atoms. The van der Waals surface area contributed by atoms with E-state index < -0.39 is 0 Å². The van der Waals surface area contributed by atoms with Crippen LogP contribution in [0.1, 0.15) is 37.9 Å². The number of unbranched alkanes of at least 4 members (excludes halogenated alkanes) is 2. The van der Waals surface area contributed by atoms with Crippen LogP contribution in [-0.2, 0) is 4.79 Å². The molecule has 0 aliphatic carbocycles. The van der Waals surface area contributed by atoms with Crippen molar-refractivity contribution < 1.29 is 4.79 Å². The maximum absolute atomic E-state index is 13.0. The van der Waals surface area contributed by atoms with E-state index in [9.17, 15) is 4.79 Å². The third-order valence-corrected chi connectivity index (χ3v) is 6.61. The van der Waals surface area contributed by atoms with Gasteiger partial charge in [-0.05, 0) is 36.4 Å². The van der Waals surface area contributed by atoms with Crippen LogP contribution in [-0.4, -0.2) is 28.1 Å². The van der Waals surface area contributed by atoms with Crippen LogP contribution < -0.4 is 15.9 Å². The van der Waals surface area contributed by atoms with Crippen LogP contribution in [0.2, 0.25) is 0 Å². The lowest BCUT2D eigenvalue weighted by atomic mass is 10.1. The zero-order valence-electron chi connectivity index (χ0n) is 16.6. The molecule has 7 heteroatoms. The van der Waals surface area contributed by atoms with Crippen LogP contribution >= 0.6 is 23.5 Å². The minimum absolute atomic E-state index is 0.119. The van der Waals surface area contributed by atoms with Gasteiger partial charge in [-0.3, -0.25) is 15.1 Å². The normalized spacial score (nSPS) is 17.8. The van der Waals surface area contributed by atoms with Crippen molar-refractivity contribution in [1.82, 2.24) is 10.3 Å². The summed E-state index contributed by atoms with van der Waals surface area (Å²) in [5.74, 6) is 0.822. The molecule has 0 saturated carbocycles. The summed E-state index contributed by atoms with van der Waals surface area (Å²) >= 11 is 3.30. The number of hydrogen-bond donors (Lipinski definition) is 1. The van der Waals surface area contributed by atoms with E-state index in [-0.39, 0.29) is 12.1 Å². The molecule has 1 atom stereocenters. The van der Waals surface area contributed by atoms with Crippen molar-refractivity contribution >= 4 is 40.3 Å². The number of nitrogens with one attached hydrogen (secondary N) is 1. The number of carbonyl (C=O) groups excluding carboxylic acids is 1. The van der Waals surface area contributed by atoms with Gasteiger partial charge in [0.15, 0.2) is 11.3 Å². The molecule has 2 heterocycles. The molecule has 0 saturated heterocycles. The highest BCUT2D eigenvalue weighted by atomic mass is 32.2. The number of hydrogen-bond acceptors (Lipinski definition) is 6. The first-order valence-electron chi connectivity index (χ1n) is 9.84. The quantitative estimate of drug-likeness (QED) is 0.570. The molecule has 0 unspecified atom stereocenters. The van der Waals surface area contributed by atoms with E-state index in [1.165, 1.54) is 17.7 Å². The largest absolute Gasteiger partial charge is 0.298 e. The van der Waals surface area contributed by atoms with Gasteiger partial charge in [0.1, 0.15) is 5.70 Å². The molecule has 0 fully saturated rings. The summed E-state index contributed by atoms with van der Waals surface area (Å²) < 4.78 is 0. The van der Waals surface area contributed by atoms with Gasteiger partial charge in [0, 0.05) is 15.9 Å². The molecule has 5 nitrogen and oxygen atoms in total. The average Bonchev–Trinajstić information content (AvgIpc) is 2.76. The van der Waals surface area contributed by atoms with Gasteiger partial charge >= 0.3 is 0 Å². The standard InChI is InChI=1S/C22H24N4OS2/c1-3-4-7-14-29-22-24-21(27)19-17-8-5-6-9-18(17)23-20(26(19)25-22)15-10-12-16(28-2)13-11-15/h5-6,8-13,20H,3-4,7,14H2,1-2H3,(H,24,25,27)/t20-/m0/s1. The molecule has 2 aromatic carbocycles. The highest BCUT2D eigenvalue weighted by molar-refractivity contribution is 8.13. The third kappa shape index (κ3) is 4.21. The molecule has 1 N–H and O–H groups in total. The Hall–Kier alpha value is -2.25. The zero-order valence-corrected chi connectivity index (χ0v) is 18.2. The first-order valence-corrected chi connectivity index (χ1v) is 12.1. The monoisotopic (exact) mass is 424 g/mol. The number of hydrazone groups is 1. The Kier molecular flexibility index (Phi) is 6.25. The third-order valence-electron chi connectivity index (χ3n) is 4.92. The lowest BCUT2D eigenvalue weighted by Gasteiger charge is -2.34. The van der Waals surface area contributed by atoms with Crippen LogP contribution in [0.4, 0.5) is 0 Å². The van der Waals surface area contributed by atoms with Gasteiger partial charge in [-0.1, -0.05) is 61.9 Å². The predicted molar refractivity (Wildman–Crippen MR) is 121 cm³/mol. The number of fused-ring (bicyclic) bond motifs is 2. The highest BCUT2D eigenvalue weighted by Gasteiger charge is 2.34. The molecule has 0 bridgehead atoms. The van der Waals surface area contributed by atoms with E-state index in [1.807, 2.05) is 24.3 Å². The SMILES string of the molecule is CCCCCSC1=NN2C(=c3ccccc3=N[C@@H]2c2ccc(SC)cc2)C(=O)N1. The van der Waals surface area contributed by atoms with Crippen LogP contribution in [0.25, 0.3) is 5.70 Å². The lowest BCUT2D eigenvalue weighted by molar-refractivity contribution is -0.116. The Balaban J connectivity index is 1.75. The number of carbonyl (C=O) groups is 1. The molecule has 2 aliphatic rings. The van der Waals surface area contributed by atoms with Gasteiger partial charge in [0.2, 0.25) is 0 Å². The Bertz CT molecular complexity index is 1050. The van der Waals surface area contributed by atoms with Gasteiger partial charge in [-0.2, -0.15) is 0 Å². The summed E-state index contributed by atoms with van der Waals surface area (Å²) in [5, 5.41) is 11.8. The van der Waals surface area contributed by atoms with E-state index in [0.29, 0.717) is 10.9 Å². The molecule has 1 amide bonds. The number of amides is 1. The van der Waals surface area contributed by atoms with Crippen LogP contribution in [0, 0.1) is 0 Å². The topological polar surface area (TPSA) is 57.1 Å². The van der Waals surface area contributed by atoms with Crippen molar-refractivity contribution in [1.29, 1.82) is 0 Å². The van der Waals surface area contributed by atoms with E-state index in [1.54, 1.807) is 28.5 Å². The zero-order chi connectivity index (χ0) is 20.2. The summed E-state index contributed by atoms with van der Waals surface area (Å²) in [6, 6.07) is 16.1. The fourth-order valence-corrected chi connectivity index (χ4v) is 4.67. The van der Waals surface area contributed by atoms with Crippen LogP contribution in [0.15, 0.2) is 63.5 Å². The van der Waals surface area contributed by atoms with Crippen LogP contribution in [0.3, 0.4) is 0 Å². The Morgan fingerprint density at radius 1 is 1.10 bits per heavy atom. The number of nitrogens with zero attached hydrogens (tertiary/aromatic N) is 3. The van der Waals surface area contributed by atoms with Gasteiger partial charge in [-0.15, -0.1) is 16.9 Å². The van der Waals surface area contributed by atoms with Crippen molar-refractivity contribution in [2.75, 3.05) is 12.0 Å². The molecular formula is C22H24N4OS2. The molecule has 0 aromatic heterocycles. The van der Waals surface area contributed by atoms with Crippen molar-refractivity contribution in [2.45, 2.75) is 37.2 Å². The van der Waals surface area contributed by atoms with E-state index in [0.717, 1.165) is 28.3 Å².